The lowest BCUT2D eigenvalue weighted by Crippen LogP contribution is -1.93. The number of aliphatic hydroxyl groups excluding tert-OH is 1. The summed E-state index contributed by atoms with van der Waals surface area (Å²) < 4.78 is 5.58. The van der Waals surface area contributed by atoms with Crippen molar-refractivity contribution < 1.29 is 9.84 Å². The van der Waals surface area contributed by atoms with Crippen molar-refractivity contribution in [3.8, 4) is 11.6 Å². The van der Waals surface area contributed by atoms with Gasteiger partial charge < -0.3 is 9.84 Å². The van der Waals surface area contributed by atoms with Crippen molar-refractivity contribution >= 4 is 23.4 Å². The molecule has 0 radical (unpaired) electrons. The second-order valence-electron chi connectivity index (χ2n) is 3.42. The van der Waals surface area contributed by atoms with Gasteiger partial charge in [-0.25, -0.2) is 4.98 Å². The molecule has 2 aromatic rings. The molecule has 1 N–H and O–H groups in total. The van der Waals surface area contributed by atoms with E-state index in [9.17, 15) is 0 Å². The van der Waals surface area contributed by atoms with Crippen LogP contribution in [0.5, 0.6) is 11.6 Å². The Morgan fingerprint density at radius 2 is 2.17 bits per heavy atom. The van der Waals surface area contributed by atoms with E-state index in [0.29, 0.717) is 21.9 Å². The third kappa shape index (κ3) is 3.35. The summed E-state index contributed by atoms with van der Waals surface area (Å²) in [5.74, 6) is 0.984. The Morgan fingerprint density at radius 1 is 1.33 bits per heavy atom. The zero-order valence-electron chi connectivity index (χ0n) is 9.63. The molecule has 0 atom stereocenters. The van der Waals surface area contributed by atoms with E-state index < -0.39 is 0 Å². The lowest BCUT2D eigenvalue weighted by molar-refractivity contribution is 0.281. The maximum Gasteiger partial charge on any atom is 0.224 e. The maximum atomic E-state index is 9.05. The summed E-state index contributed by atoms with van der Waals surface area (Å²) in [6.07, 6.45) is 1.86. The second kappa shape index (κ2) is 6.04. The van der Waals surface area contributed by atoms with Gasteiger partial charge in [0.1, 0.15) is 10.9 Å². The third-order valence-electron chi connectivity index (χ3n) is 2.14. The standard InChI is InChI=1S/C12H11ClN2O2S/c1-18-12-14-10(13)6-11(15-12)17-9-4-2-3-8(5-9)7-16/h2-6,16H,7H2,1H3. The van der Waals surface area contributed by atoms with Gasteiger partial charge >= 0.3 is 0 Å². The number of ether oxygens (including phenoxy) is 1. The molecule has 0 aliphatic carbocycles. The average Bonchev–Trinajstić information content (AvgIpc) is 2.38. The van der Waals surface area contributed by atoms with Crippen LogP contribution in [0.25, 0.3) is 0 Å². The topological polar surface area (TPSA) is 55.2 Å². The number of hydrogen-bond donors (Lipinski definition) is 1. The molecule has 1 aromatic carbocycles. The monoisotopic (exact) mass is 282 g/mol. The highest BCUT2D eigenvalue weighted by molar-refractivity contribution is 7.98. The summed E-state index contributed by atoms with van der Waals surface area (Å²) in [5, 5.41) is 9.94. The van der Waals surface area contributed by atoms with E-state index in [0.717, 1.165) is 5.56 Å². The minimum absolute atomic E-state index is 0.0300. The lowest BCUT2D eigenvalue weighted by Gasteiger charge is -2.07. The van der Waals surface area contributed by atoms with Crippen LogP contribution in [-0.4, -0.2) is 21.3 Å². The van der Waals surface area contributed by atoms with Gasteiger partial charge in [-0.2, -0.15) is 4.98 Å². The molecule has 18 heavy (non-hydrogen) atoms. The van der Waals surface area contributed by atoms with Crippen molar-refractivity contribution in [3.63, 3.8) is 0 Å². The largest absolute Gasteiger partial charge is 0.439 e. The summed E-state index contributed by atoms with van der Waals surface area (Å²) in [6.45, 7) is -0.0300. The fraction of sp³-hybridized carbons (Fsp3) is 0.167. The van der Waals surface area contributed by atoms with E-state index >= 15 is 0 Å². The van der Waals surface area contributed by atoms with Crippen molar-refractivity contribution in [1.29, 1.82) is 0 Å². The van der Waals surface area contributed by atoms with Crippen molar-refractivity contribution in [3.05, 3.63) is 41.0 Å². The Bertz CT molecular complexity index is 551. The highest BCUT2D eigenvalue weighted by Crippen LogP contribution is 2.24. The van der Waals surface area contributed by atoms with Crippen LogP contribution >= 0.6 is 23.4 Å². The zero-order valence-corrected chi connectivity index (χ0v) is 11.2. The van der Waals surface area contributed by atoms with Gasteiger partial charge in [-0.15, -0.1) is 0 Å². The molecule has 1 aromatic heterocycles. The van der Waals surface area contributed by atoms with Crippen LogP contribution in [0.3, 0.4) is 0 Å². The molecule has 0 fully saturated rings. The molecule has 6 heteroatoms. The highest BCUT2D eigenvalue weighted by Gasteiger charge is 2.05. The van der Waals surface area contributed by atoms with E-state index in [1.807, 2.05) is 12.3 Å². The smallest absolute Gasteiger partial charge is 0.224 e. The molecule has 4 nitrogen and oxygen atoms in total. The molecular formula is C12H11ClN2O2S. The van der Waals surface area contributed by atoms with Crippen molar-refractivity contribution in [2.24, 2.45) is 0 Å². The summed E-state index contributed by atoms with van der Waals surface area (Å²) in [5.41, 5.74) is 0.776. The zero-order chi connectivity index (χ0) is 13.0. The number of rotatable bonds is 4. The maximum absolute atomic E-state index is 9.05. The Morgan fingerprint density at radius 3 is 2.89 bits per heavy atom. The molecule has 0 aliphatic heterocycles. The molecular weight excluding hydrogens is 272 g/mol. The Labute approximate surface area is 114 Å². The van der Waals surface area contributed by atoms with E-state index in [2.05, 4.69) is 9.97 Å². The first-order valence-electron chi connectivity index (χ1n) is 5.17. The third-order valence-corrected chi connectivity index (χ3v) is 2.88. The van der Waals surface area contributed by atoms with E-state index in [4.69, 9.17) is 21.4 Å². The number of aliphatic hydroxyl groups is 1. The first-order valence-corrected chi connectivity index (χ1v) is 6.78. The SMILES string of the molecule is CSc1nc(Cl)cc(Oc2cccc(CO)c2)n1. The van der Waals surface area contributed by atoms with Gasteiger partial charge in [-0.1, -0.05) is 35.5 Å². The molecule has 1 heterocycles. The van der Waals surface area contributed by atoms with Crippen LogP contribution in [-0.2, 0) is 6.61 Å². The van der Waals surface area contributed by atoms with Crippen molar-refractivity contribution in [2.45, 2.75) is 11.8 Å². The number of aromatic nitrogens is 2. The van der Waals surface area contributed by atoms with Gasteiger partial charge in [0.15, 0.2) is 5.16 Å². The van der Waals surface area contributed by atoms with Gasteiger partial charge in [-0.3, -0.25) is 0 Å². The van der Waals surface area contributed by atoms with Crippen LogP contribution in [0.15, 0.2) is 35.5 Å². The van der Waals surface area contributed by atoms with Crippen LogP contribution in [0.1, 0.15) is 5.56 Å². The predicted molar refractivity (Wildman–Crippen MR) is 71.3 cm³/mol. The van der Waals surface area contributed by atoms with E-state index in [1.54, 1.807) is 24.3 Å². The van der Waals surface area contributed by atoms with Crippen LogP contribution in [0, 0.1) is 0 Å². The number of nitrogens with zero attached hydrogens (tertiary/aromatic N) is 2. The first kappa shape index (κ1) is 13.1. The summed E-state index contributed by atoms with van der Waals surface area (Å²) >= 11 is 7.26. The van der Waals surface area contributed by atoms with Gasteiger partial charge in [-0.05, 0) is 24.0 Å². The van der Waals surface area contributed by atoms with Gasteiger partial charge in [0.05, 0.1) is 6.61 Å². The Hall–Kier alpha value is -1.30. The average molecular weight is 283 g/mol. The fourth-order valence-electron chi connectivity index (χ4n) is 1.35. The minimum Gasteiger partial charge on any atom is -0.439 e. The molecule has 0 amide bonds. The second-order valence-corrected chi connectivity index (χ2v) is 4.58. The lowest BCUT2D eigenvalue weighted by atomic mass is 10.2. The molecule has 0 saturated heterocycles. The Kier molecular flexibility index (Phi) is 4.41. The highest BCUT2D eigenvalue weighted by atomic mass is 35.5. The first-order chi connectivity index (χ1) is 8.71. The number of thioether (sulfide) groups is 1. The number of hydrogen-bond acceptors (Lipinski definition) is 5. The predicted octanol–water partition coefficient (Wildman–Crippen LogP) is 3.14. The molecule has 0 aliphatic rings. The molecule has 0 unspecified atom stereocenters. The summed E-state index contributed by atoms with van der Waals surface area (Å²) in [4.78, 5) is 8.21. The van der Waals surface area contributed by atoms with Gasteiger partial charge in [0, 0.05) is 6.07 Å². The van der Waals surface area contributed by atoms with Crippen molar-refractivity contribution in [2.75, 3.05) is 6.26 Å². The van der Waals surface area contributed by atoms with E-state index in [-0.39, 0.29) is 6.61 Å². The molecule has 0 saturated carbocycles. The minimum atomic E-state index is -0.0300. The van der Waals surface area contributed by atoms with Gasteiger partial charge in [0.2, 0.25) is 5.88 Å². The quantitative estimate of drug-likeness (QED) is 0.530. The summed E-state index contributed by atoms with van der Waals surface area (Å²) in [7, 11) is 0. The fourth-order valence-corrected chi connectivity index (χ4v) is 1.94. The molecule has 0 spiro atoms. The van der Waals surface area contributed by atoms with E-state index in [1.165, 1.54) is 11.8 Å². The normalized spacial score (nSPS) is 10.4. The van der Waals surface area contributed by atoms with Crippen molar-refractivity contribution in [1.82, 2.24) is 9.97 Å². The molecule has 2 rings (SSSR count). The summed E-state index contributed by atoms with van der Waals surface area (Å²) in [6, 6.07) is 8.70. The van der Waals surface area contributed by atoms with Crippen LogP contribution < -0.4 is 4.74 Å². The number of benzene rings is 1. The Balaban J connectivity index is 2.24. The van der Waals surface area contributed by atoms with Crippen LogP contribution in [0.4, 0.5) is 0 Å². The number of halogens is 1. The van der Waals surface area contributed by atoms with Gasteiger partial charge in [0.25, 0.3) is 0 Å². The molecule has 94 valence electrons. The molecule has 0 bridgehead atoms. The van der Waals surface area contributed by atoms with Crippen LogP contribution in [0.2, 0.25) is 5.15 Å².